The first-order chi connectivity index (χ1) is 8.67. The lowest BCUT2D eigenvalue weighted by molar-refractivity contribution is 0.601. The number of benzene rings is 1. The number of hydrogen-bond donors (Lipinski definition) is 3. The molecule has 8 heteroatoms. The van der Waals surface area contributed by atoms with Gasteiger partial charge in [0, 0.05) is 11.6 Å². The van der Waals surface area contributed by atoms with E-state index in [0.29, 0.717) is 5.39 Å². The Labute approximate surface area is 102 Å². The molecule has 18 heavy (non-hydrogen) atoms. The molecular weight excluding hydrogens is 254 g/mol. The van der Waals surface area contributed by atoms with Gasteiger partial charge in [-0.2, -0.15) is 10.2 Å². The standard InChI is InChI=1S/C10H9N5O2S/c16-18(17,7-5-11-12-6-7)15-10-8-3-1-2-4-9(8)13-14-10/h1-6H,(H,11,12)(H2,13,14,15). The van der Waals surface area contributed by atoms with Gasteiger partial charge in [-0.15, -0.1) is 0 Å². The molecule has 0 saturated heterocycles. The zero-order valence-electron chi connectivity index (χ0n) is 9.08. The Balaban J connectivity index is 2.03. The van der Waals surface area contributed by atoms with E-state index in [9.17, 15) is 8.42 Å². The van der Waals surface area contributed by atoms with Gasteiger partial charge < -0.3 is 0 Å². The van der Waals surface area contributed by atoms with Gasteiger partial charge in [-0.05, 0) is 12.1 Å². The number of aromatic amines is 2. The zero-order valence-corrected chi connectivity index (χ0v) is 9.90. The molecule has 3 N–H and O–H groups in total. The fraction of sp³-hybridized carbons (Fsp3) is 0. The maximum atomic E-state index is 12.0. The van der Waals surface area contributed by atoms with Crippen LogP contribution in [-0.4, -0.2) is 28.8 Å². The molecule has 3 rings (SSSR count). The van der Waals surface area contributed by atoms with E-state index >= 15 is 0 Å². The van der Waals surface area contributed by atoms with Crippen LogP contribution in [0.5, 0.6) is 0 Å². The van der Waals surface area contributed by atoms with Crippen molar-refractivity contribution in [1.29, 1.82) is 0 Å². The first kappa shape index (κ1) is 10.8. The number of aromatic nitrogens is 4. The van der Waals surface area contributed by atoms with Crippen LogP contribution in [0.25, 0.3) is 10.9 Å². The minimum atomic E-state index is -3.66. The van der Waals surface area contributed by atoms with Crippen molar-refractivity contribution in [2.24, 2.45) is 0 Å². The Morgan fingerprint density at radius 3 is 2.83 bits per heavy atom. The second-order valence-electron chi connectivity index (χ2n) is 3.66. The predicted octanol–water partition coefficient (Wildman–Crippen LogP) is 1.09. The summed E-state index contributed by atoms with van der Waals surface area (Å²) in [6, 6.07) is 7.26. The zero-order chi connectivity index (χ0) is 12.6. The van der Waals surface area contributed by atoms with Gasteiger partial charge in [0.05, 0.1) is 11.7 Å². The van der Waals surface area contributed by atoms with Crippen LogP contribution < -0.4 is 4.72 Å². The maximum absolute atomic E-state index is 12.0. The predicted molar refractivity (Wildman–Crippen MR) is 65.5 cm³/mol. The summed E-state index contributed by atoms with van der Waals surface area (Å²) in [6.45, 7) is 0. The molecular formula is C10H9N5O2S. The van der Waals surface area contributed by atoms with Gasteiger partial charge in [0.25, 0.3) is 10.0 Å². The Kier molecular flexibility index (Phi) is 2.30. The number of sulfonamides is 1. The second-order valence-corrected chi connectivity index (χ2v) is 5.34. The molecule has 1 aromatic carbocycles. The number of H-pyrrole nitrogens is 2. The van der Waals surface area contributed by atoms with Crippen molar-refractivity contribution in [3.8, 4) is 0 Å². The minimum absolute atomic E-state index is 0.0644. The molecule has 0 spiro atoms. The lowest BCUT2D eigenvalue weighted by Gasteiger charge is -2.02. The third kappa shape index (κ3) is 1.72. The molecule has 0 fully saturated rings. The molecule has 0 bridgehead atoms. The number of para-hydroxylation sites is 1. The van der Waals surface area contributed by atoms with E-state index in [1.165, 1.54) is 12.4 Å². The van der Waals surface area contributed by atoms with Gasteiger partial charge in [0.1, 0.15) is 4.90 Å². The van der Waals surface area contributed by atoms with Crippen molar-refractivity contribution in [2.75, 3.05) is 4.72 Å². The summed E-state index contributed by atoms with van der Waals surface area (Å²) in [5.74, 6) is 0.270. The highest BCUT2D eigenvalue weighted by Gasteiger charge is 2.17. The van der Waals surface area contributed by atoms with Crippen LogP contribution in [0.4, 0.5) is 5.82 Å². The molecule has 2 aromatic heterocycles. The van der Waals surface area contributed by atoms with E-state index < -0.39 is 10.0 Å². The van der Waals surface area contributed by atoms with Crippen molar-refractivity contribution in [1.82, 2.24) is 20.4 Å². The summed E-state index contributed by atoms with van der Waals surface area (Å²) in [4.78, 5) is 0.0644. The number of fused-ring (bicyclic) bond motifs is 1. The Morgan fingerprint density at radius 1 is 1.22 bits per heavy atom. The second kappa shape index (κ2) is 3.84. The van der Waals surface area contributed by atoms with Crippen LogP contribution >= 0.6 is 0 Å². The maximum Gasteiger partial charge on any atom is 0.266 e. The Bertz CT molecular complexity index is 776. The van der Waals surface area contributed by atoms with Crippen molar-refractivity contribution < 1.29 is 8.42 Å². The molecule has 0 atom stereocenters. The Hall–Kier alpha value is -2.35. The summed E-state index contributed by atoms with van der Waals surface area (Å²) >= 11 is 0. The van der Waals surface area contributed by atoms with Crippen LogP contribution in [-0.2, 0) is 10.0 Å². The summed E-state index contributed by atoms with van der Waals surface area (Å²) < 4.78 is 26.4. The van der Waals surface area contributed by atoms with Gasteiger partial charge in [0.15, 0.2) is 5.82 Å². The van der Waals surface area contributed by atoms with Gasteiger partial charge in [-0.25, -0.2) is 8.42 Å². The fourth-order valence-electron chi connectivity index (χ4n) is 1.61. The van der Waals surface area contributed by atoms with Crippen LogP contribution in [0.15, 0.2) is 41.6 Å². The molecule has 92 valence electrons. The van der Waals surface area contributed by atoms with Gasteiger partial charge >= 0.3 is 0 Å². The van der Waals surface area contributed by atoms with Crippen molar-refractivity contribution >= 4 is 26.7 Å². The lowest BCUT2D eigenvalue weighted by Crippen LogP contribution is -2.12. The number of rotatable bonds is 3. The lowest BCUT2D eigenvalue weighted by atomic mass is 10.2. The molecule has 0 radical (unpaired) electrons. The van der Waals surface area contributed by atoms with E-state index in [0.717, 1.165) is 5.52 Å². The minimum Gasteiger partial charge on any atom is -0.284 e. The highest BCUT2D eigenvalue weighted by molar-refractivity contribution is 7.92. The number of hydrogen-bond acceptors (Lipinski definition) is 4. The van der Waals surface area contributed by atoms with Gasteiger partial charge in [-0.1, -0.05) is 12.1 Å². The van der Waals surface area contributed by atoms with E-state index in [2.05, 4.69) is 25.1 Å². The number of anilines is 1. The van der Waals surface area contributed by atoms with Crippen molar-refractivity contribution in [2.45, 2.75) is 4.90 Å². The van der Waals surface area contributed by atoms with E-state index in [1.807, 2.05) is 18.2 Å². The third-order valence-corrected chi connectivity index (χ3v) is 3.79. The van der Waals surface area contributed by atoms with Crippen LogP contribution in [0.2, 0.25) is 0 Å². The van der Waals surface area contributed by atoms with E-state index in [-0.39, 0.29) is 10.7 Å². The summed E-state index contributed by atoms with van der Waals surface area (Å²) in [7, 11) is -3.66. The fourth-order valence-corrected chi connectivity index (χ4v) is 2.54. The first-order valence-electron chi connectivity index (χ1n) is 5.11. The number of nitrogens with one attached hydrogen (secondary N) is 3. The first-order valence-corrected chi connectivity index (χ1v) is 6.60. The van der Waals surface area contributed by atoms with Crippen LogP contribution in [0.1, 0.15) is 0 Å². The van der Waals surface area contributed by atoms with Gasteiger partial charge in [-0.3, -0.25) is 14.9 Å². The normalized spacial score (nSPS) is 11.8. The average molecular weight is 263 g/mol. The molecule has 3 aromatic rings. The molecule has 0 aliphatic heterocycles. The highest BCUT2D eigenvalue weighted by atomic mass is 32.2. The van der Waals surface area contributed by atoms with Crippen LogP contribution in [0.3, 0.4) is 0 Å². The van der Waals surface area contributed by atoms with E-state index in [1.54, 1.807) is 6.07 Å². The smallest absolute Gasteiger partial charge is 0.266 e. The van der Waals surface area contributed by atoms with E-state index in [4.69, 9.17) is 0 Å². The third-order valence-electron chi connectivity index (χ3n) is 2.48. The topological polar surface area (TPSA) is 104 Å². The van der Waals surface area contributed by atoms with Crippen molar-refractivity contribution in [3.05, 3.63) is 36.7 Å². The molecule has 0 saturated carbocycles. The Morgan fingerprint density at radius 2 is 2.06 bits per heavy atom. The number of nitrogens with zero attached hydrogens (tertiary/aromatic N) is 2. The molecule has 0 unspecified atom stereocenters. The summed E-state index contributed by atoms with van der Waals surface area (Å²) in [5, 5.41) is 13.5. The highest BCUT2D eigenvalue weighted by Crippen LogP contribution is 2.22. The summed E-state index contributed by atoms with van der Waals surface area (Å²) in [6.07, 6.45) is 2.54. The molecule has 2 heterocycles. The van der Waals surface area contributed by atoms with Crippen LogP contribution in [0, 0.1) is 0 Å². The quantitative estimate of drug-likeness (QED) is 0.658. The SMILES string of the molecule is O=S(=O)(Nc1n[nH]c2ccccc12)c1cn[nH]c1. The molecule has 0 aliphatic carbocycles. The van der Waals surface area contributed by atoms with Gasteiger partial charge in [0.2, 0.25) is 0 Å². The molecule has 7 nitrogen and oxygen atoms in total. The average Bonchev–Trinajstić information content (AvgIpc) is 2.99. The largest absolute Gasteiger partial charge is 0.284 e. The molecule has 0 aliphatic rings. The van der Waals surface area contributed by atoms with Crippen molar-refractivity contribution in [3.63, 3.8) is 0 Å². The molecule has 0 amide bonds. The monoisotopic (exact) mass is 263 g/mol. The summed E-state index contributed by atoms with van der Waals surface area (Å²) in [5.41, 5.74) is 0.766.